The SMILES string of the molecule is CC(C)Oc1cc(NCC(C(=O)O)C(C)C)ncn1. The van der Waals surface area contributed by atoms with E-state index in [1.54, 1.807) is 6.07 Å². The highest BCUT2D eigenvalue weighted by Crippen LogP contribution is 2.15. The molecule has 0 saturated carbocycles. The Morgan fingerprint density at radius 3 is 2.58 bits per heavy atom. The molecule has 0 amide bonds. The summed E-state index contributed by atoms with van der Waals surface area (Å²) in [6, 6.07) is 1.67. The van der Waals surface area contributed by atoms with Crippen molar-refractivity contribution < 1.29 is 14.6 Å². The number of anilines is 1. The van der Waals surface area contributed by atoms with E-state index in [0.29, 0.717) is 18.2 Å². The third kappa shape index (κ3) is 5.11. The predicted octanol–water partition coefficient (Wildman–Crippen LogP) is 2.03. The lowest BCUT2D eigenvalue weighted by molar-refractivity contribution is -0.142. The molecule has 0 spiro atoms. The first kappa shape index (κ1) is 15.2. The van der Waals surface area contributed by atoms with Gasteiger partial charge in [-0.15, -0.1) is 0 Å². The molecule has 0 aliphatic heterocycles. The fourth-order valence-electron chi connectivity index (χ4n) is 1.56. The van der Waals surface area contributed by atoms with Gasteiger partial charge in [0.15, 0.2) is 0 Å². The molecule has 6 heteroatoms. The summed E-state index contributed by atoms with van der Waals surface area (Å²) in [5.74, 6) is -0.167. The molecule has 0 fully saturated rings. The standard InChI is InChI=1S/C13H21N3O3/c1-8(2)10(13(17)18)6-14-11-5-12(16-7-15-11)19-9(3)4/h5,7-10H,6H2,1-4H3,(H,17,18)(H,14,15,16). The summed E-state index contributed by atoms with van der Waals surface area (Å²) in [5.41, 5.74) is 0. The Kier molecular flexibility index (Phi) is 5.54. The zero-order valence-electron chi connectivity index (χ0n) is 11.8. The minimum Gasteiger partial charge on any atom is -0.481 e. The Morgan fingerprint density at radius 1 is 1.37 bits per heavy atom. The van der Waals surface area contributed by atoms with Gasteiger partial charge in [-0.3, -0.25) is 4.79 Å². The molecule has 0 aliphatic carbocycles. The van der Waals surface area contributed by atoms with E-state index in [4.69, 9.17) is 9.84 Å². The lowest BCUT2D eigenvalue weighted by atomic mass is 9.96. The van der Waals surface area contributed by atoms with Crippen LogP contribution in [0, 0.1) is 11.8 Å². The van der Waals surface area contributed by atoms with Crippen LogP contribution >= 0.6 is 0 Å². The molecular weight excluding hydrogens is 246 g/mol. The van der Waals surface area contributed by atoms with Crippen molar-refractivity contribution in [3.05, 3.63) is 12.4 Å². The Labute approximate surface area is 113 Å². The summed E-state index contributed by atoms with van der Waals surface area (Å²) in [5, 5.41) is 12.1. The number of aliphatic carboxylic acids is 1. The van der Waals surface area contributed by atoms with Gasteiger partial charge in [0.2, 0.25) is 5.88 Å². The number of nitrogens with zero attached hydrogens (tertiary/aromatic N) is 2. The van der Waals surface area contributed by atoms with Gasteiger partial charge in [-0.2, -0.15) is 0 Å². The summed E-state index contributed by atoms with van der Waals surface area (Å²) < 4.78 is 5.45. The fraction of sp³-hybridized carbons (Fsp3) is 0.615. The van der Waals surface area contributed by atoms with Crippen LogP contribution in [0.4, 0.5) is 5.82 Å². The molecule has 0 bridgehead atoms. The maximum absolute atomic E-state index is 11.1. The van der Waals surface area contributed by atoms with E-state index in [1.807, 2.05) is 27.7 Å². The Hall–Kier alpha value is -1.85. The van der Waals surface area contributed by atoms with Crippen LogP contribution in [0.2, 0.25) is 0 Å². The number of aromatic nitrogens is 2. The van der Waals surface area contributed by atoms with E-state index in [9.17, 15) is 4.79 Å². The minimum atomic E-state index is -0.810. The fourth-order valence-corrected chi connectivity index (χ4v) is 1.56. The van der Waals surface area contributed by atoms with E-state index >= 15 is 0 Å². The van der Waals surface area contributed by atoms with Crippen molar-refractivity contribution in [1.29, 1.82) is 0 Å². The van der Waals surface area contributed by atoms with Crippen molar-refractivity contribution in [3.63, 3.8) is 0 Å². The molecule has 1 aromatic heterocycles. The largest absolute Gasteiger partial charge is 0.481 e. The third-order valence-corrected chi connectivity index (χ3v) is 2.62. The lowest BCUT2D eigenvalue weighted by Gasteiger charge is -2.17. The maximum Gasteiger partial charge on any atom is 0.308 e. The summed E-state index contributed by atoms with van der Waals surface area (Å²) in [6.45, 7) is 7.91. The number of rotatable bonds is 7. The van der Waals surface area contributed by atoms with E-state index in [0.717, 1.165) is 0 Å². The number of carboxylic acid groups (broad SMARTS) is 1. The molecule has 106 valence electrons. The van der Waals surface area contributed by atoms with Gasteiger partial charge in [0.1, 0.15) is 12.1 Å². The van der Waals surface area contributed by atoms with Crippen LogP contribution in [0.25, 0.3) is 0 Å². The molecule has 1 unspecified atom stereocenters. The Balaban J connectivity index is 2.64. The van der Waals surface area contributed by atoms with Crippen molar-refractivity contribution in [2.75, 3.05) is 11.9 Å². The average Bonchev–Trinajstić information content (AvgIpc) is 2.27. The van der Waals surface area contributed by atoms with Gasteiger partial charge >= 0.3 is 5.97 Å². The highest BCUT2D eigenvalue weighted by Gasteiger charge is 2.21. The first-order valence-corrected chi connectivity index (χ1v) is 6.35. The van der Waals surface area contributed by atoms with Crippen molar-refractivity contribution in [2.24, 2.45) is 11.8 Å². The summed E-state index contributed by atoms with van der Waals surface area (Å²) in [7, 11) is 0. The Morgan fingerprint density at radius 2 is 2.05 bits per heavy atom. The van der Waals surface area contributed by atoms with Gasteiger partial charge in [-0.25, -0.2) is 9.97 Å². The zero-order chi connectivity index (χ0) is 14.4. The van der Waals surface area contributed by atoms with Crippen LogP contribution in [0.5, 0.6) is 5.88 Å². The predicted molar refractivity (Wildman–Crippen MR) is 72.2 cm³/mol. The molecule has 6 nitrogen and oxygen atoms in total. The summed E-state index contributed by atoms with van der Waals surface area (Å²) in [6.07, 6.45) is 1.43. The first-order chi connectivity index (χ1) is 8.90. The third-order valence-electron chi connectivity index (χ3n) is 2.62. The molecule has 0 aliphatic rings. The van der Waals surface area contributed by atoms with Crippen molar-refractivity contribution >= 4 is 11.8 Å². The van der Waals surface area contributed by atoms with Crippen LogP contribution in [0.3, 0.4) is 0 Å². The Bertz CT molecular complexity index is 421. The van der Waals surface area contributed by atoms with Crippen LogP contribution in [-0.4, -0.2) is 33.7 Å². The van der Waals surface area contributed by atoms with Gasteiger partial charge in [0.25, 0.3) is 0 Å². The normalized spacial score (nSPS) is 12.5. The molecule has 0 saturated heterocycles. The number of hydrogen-bond donors (Lipinski definition) is 2. The van der Waals surface area contributed by atoms with E-state index in [2.05, 4.69) is 15.3 Å². The van der Waals surface area contributed by atoms with E-state index in [-0.39, 0.29) is 12.0 Å². The number of carboxylic acids is 1. The van der Waals surface area contributed by atoms with E-state index in [1.165, 1.54) is 6.33 Å². The second-order valence-electron chi connectivity index (χ2n) is 4.98. The van der Waals surface area contributed by atoms with Gasteiger partial charge in [-0.1, -0.05) is 13.8 Å². The van der Waals surface area contributed by atoms with Gasteiger partial charge < -0.3 is 15.2 Å². The number of hydrogen-bond acceptors (Lipinski definition) is 5. The van der Waals surface area contributed by atoms with Gasteiger partial charge in [-0.05, 0) is 19.8 Å². The number of carbonyl (C=O) groups is 1. The summed E-state index contributed by atoms with van der Waals surface area (Å²) in [4.78, 5) is 19.1. The molecule has 0 radical (unpaired) electrons. The van der Waals surface area contributed by atoms with Crippen molar-refractivity contribution in [3.8, 4) is 5.88 Å². The molecule has 1 atom stereocenters. The van der Waals surface area contributed by atoms with Crippen LogP contribution in [0.15, 0.2) is 12.4 Å². The molecule has 1 aromatic rings. The van der Waals surface area contributed by atoms with Gasteiger partial charge in [0.05, 0.1) is 12.0 Å². The second kappa shape index (κ2) is 6.92. The number of ether oxygens (including phenoxy) is 1. The lowest BCUT2D eigenvalue weighted by Crippen LogP contribution is -2.27. The highest BCUT2D eigenvalue weighted by molar-refractivity contribution is 5.71. The second-order valence-corrected chi connectivity index (χ2v) is 4.98. The molecular formula is C13H21N3O3. The first-order valence-electron chi connectivity index (χ1n) is 6.35. The van der Waals surface area contributed by atoms with Crippen molar-refractivity contribution in [1.82, 2.24) is 9.97 Å². The van der Waals surface area contributed by atoms with Crippen LogP contribution < -0.4 is 10.1 Å². The van der Waals surface area contributed by atoms with Crippen LogP contribution in [-0.2, 0) is 4.79 Å². The topological polar surface area (TPSA) is 84.3 Å². The molecule has 2 N–H and O–H groups in total. The van der Waals surface area contributed by atoms with Gasteiger partial charge in [0, 0.05) is 12.6 Å². The summed E-state index contributed by atoms with van der Waals surface area (Å²) >= 11 is 0. The molecule has 0 aromatic carbocycles. The van der Waals surface area contributed by atoms with Crippen molar-refractivity contribution in [2.45, 2.75) is 33.8 Å². The molecule has 1 rings (SSSR count). The average molecular weight is 267 g/mol. The maximum atomic E-state index is 11.1. The monoisotopic (exact) mass is 267 g/mol. The van der Waals surface area contributed by atoms with Crippen LogP contribution in [0.1, 0.15) is 27.7 Å². The molecule has 1 heterocycles. The number of nitrogens with one attached hydrogen (secondary N) is 1. The quantitative estimate of drug-likeness (QED) is 0.786. The highest BCUT2D eigenvalue weighted by atomic mass is 16.5. The minimum absolute atomic E-state index is 0.0326. The smallest absolute Gasteiger partial charge is 0.308 e. The van der Waals surface area contributed by atoms with E-state index < -0.39 is 11.9 Å². The molecule has 19 heavy (non-hydrogen) atoms. The zero-order valence-corrected chi connectivity index (χ0v) is 11.8.